The van der Waals surface area contributed by atoms with Crippen LogP contribution in [-0.2, 0) is 192 Å². The second-order valence-corrected chi connectivity index (χ2v) is 34.9. The van der Waals surface area contributed by atoms with Crippen LogP contribution in [0, 0.1) is 0 Å². The SMILES string of the molecule is COC(=O)C(=O)[C@@]1(O[C@@H]2[C@@H](O)[C@H](O[C@H]3[C@H](O)[C@@H](NC(C)=O)[C@H](O[C@H]4[C@@H](OC(C)=O)[C@@H](COCc5ccccc5)O[C@@H](O[C@H]5[C@H](OCc6ccccc6)[C@@H](OCc6ccccc6)[C@H](Oc6ccc(OC)cc6)O[C@@H]5COCc5ccccc5)[C@@H]4OCc4ccccc4)O[C@@H]3COCc3ccccc3)O[C@@H]3COC(c4ccccc4)O[C@H]23)C[C@H](OC(C)=O)[C@@H](NC(C)=O)[C@H]([C@H](OC(C)=O)[C@@H](COC(C)=O)OC(C)=O)O1. The van der Waals surface area contributed by atoms with Crippen molar-refractivity contribution in [3.63, 3.8) is 0 Å². The normalized spacial score (nSPS) is 28.8. The highest BCUT2D eigenvalue weighted by atomic mass is 16.8. The zero-order valence-corrected chi connectivity index (χ0v) is 80.3. The van der Waals surface area contributed by atoms with E-state index in [1.54, 1.807) is 116 Å². The molecule has 38 nitrogen and oxygen atoms in total. The summed E-state index contributed by atoms with van der Waals surface area (Å²) in [4.78, 5) is 125. The Hall–Kier alpha value is -12.0. The van der Waals surface area contributed by atoms with Gasteiger partial charge in [-0.2, -0.15) is 0 Å². The lowest BCUT2D eigenvalue weighted by Crippen LogP contribution is -2.73. The molecule has 0 spiro atoms. The summed E-state index contributed by atoms with van der Waals surface area (Å²) in [6, 6.07) is 67.1. The number of methoxy groups -OCH3 is 2. The van der Waals surface area contributed by atoms with Gasteiger partial charge in [-0.1, -0.05) is 212 Å². The van der Waals surface area contributed by atoms with Crippen LogP contribution in [0.2, 0.25) is 0 Å². The molecule has 6 aliphatic rings. The molecule has 143 heavy (non-hydrogen) atoms. The number of ether oxygens (including phenoxy) is 25. The third kappa shape index (κ3) is 29.2. The van der Waals surface area contributed by atoms with Crippen LogP contribution in [0.3, 0.4) is 0 Å². The molecule has 1 unspecified atom stereocenters. The molecular weight excluding hydrogens is 1870 g/mol. The molecule has 27 atom stereocenters. The number of aliphatic hydroxyl groups is 2. The van der Waals surface area contributed by atoms with E-state index in [9.17, 15) is 48.6 Å². The lowest BCUT2D eigenvalue weighted by Gasteiger charge is -2.54. The largest absolute Gasteiger partial charge is 0.497 e. The summed E-state index contributed by atoms with van der Waals surface area (Å²) in [6.45, 7) is 4.29. The fraction of sp³-hybridized carbons (Fsp3) is 0.457. The third-order valence-electron chi connectivity index (χ3n) is 24.2. The van der Waals surface area contributed by atoms with E-state index in [4.69, 9.17) is 118 Å². The first kappa shape index (κ1) is 107. The topological polar surface area (TPSA) is 449 Å². The van der Waals surface area contributed by atoms with Crippen LogP contribution in [0.4, 0.5) is 0 Å². The van der Waals surface area contributed by atoms with Gasteiger partial charge in [0, 0.05) is 60.5 Å². The van der Waals surface area contributed by atoms with Crippen molar-refractivity contribution < 1.29 is 172 Å². The zero-order chi connectivity index (χ0) is 101. The van der Waals surface area contributed by atoms with Crippen molar-refractivity contribution >= 4 is 53.4 Å². The first-order valence-corrected chi connectivity index (χ1v) is 46.9. The molecule has 0 radical (unpaired) electrons. The summed E-state index contributed by atoms with van der Waals surface area (Å²) in [7, 11) is 2.38. The number of rotatable bonds is 45. The quantitative estimate of drug-likeness (QED) is 0.0158. The number of esters is 6. The number of aliphatic hydroxyl groups excluding tert-OH is 2. The first-order valence-electron chi connectivity index (χ1n) is 46.9. The monoisotopic (exact) mass is 1980 g/mol. The van der Waals surface area contributed by atoms with Gasteiger partial charge in [-0.3, -0.25) is 38.4 Å². The van der Waals surface area contributed by atoms with E-state index in [1.807, 2.05) is 127 Å². The van der Waals surface area contributed by atoms with Gasteiger partial charge in [0.2, 0.25) is 23.9 Å². The van der Waals surface area contributed by atoms with Crippen molar-refractivity contribution in [3.05, 3.63) is 276 Å². The second-order valence-electron chi connectivity index (χ2n) is 34.9. The number of carbonyl (C=O) groups is 9. The fourth-order valence-corrected chi connectivity index (χ4v) is 17.7. The number of carbonyl (C=O) groups excluding carboxylic acids is 9. The van der Waals surface area contributed by atoms with Gasteiger partial charge >= 0.3 is 35.8 Å². The highest BCUT2D eigenvalue weighted by Crippen LogP contribution is 2.46. The minimum atomic E-state index is -3.32. The van der Waals surface area contributed by atoms with Crippen molar-refractivity contribution in [2.24, 2.45) is 0 Å². The molecular formula is C105H120N2O36. The summed E-state index contributed by atoms with van der Waals surface area (Å²) in [5, 5.41) is 33.0. The maximum Gasteiger partial charge on any atom is 0.380 e. The number of nitrogens with one attached hydrogen (secondary N) is 2. The molecule has 6 aliphatic heterocycles. The van der Waals surface area contributed by atoms with Gasteiger partial charge in [0.15, 0.2) is 43.5 Å². The summed E-state index contributed by atoms with van der Waals surface area (Å²) < 4.78 is 166. The molecule has 0 aliphatic carbocycles. The number of amides is 2. The Labute approximate surface area is 826 Å². The molecule has 14 rings (SSSR count). The highest BCUT2D eigenvalue weighted by Gasteiger charge is 2.65. The number of hydrogen-bond acceptors (Lipinski definition) is 36. The maximum atomic E-state index is 15.7. The van der Waals surface area contributed by atoms with Crippen LogP contribution in [0.1, 0.15) is 100 Å². The molecule has 8 aromatic rings. The number of Topliss-reactive ketones (excluding diaryl/α,β-unsaturated/α-hetero) is 1. The molecule has 0 saturated carbocycles. The van der Waals surface area contributed by atoms with Crippen molar-refractivity contribution in [1.82, 2.24) is 10.6 Å². The van der Waals surface area contributed by atoms with Crippen LogP contribution >= 0.6 is 0 Å². The Balaban J connectivity index is 0.890. The molecule has 0 aromatic heterocycles. The Morgan fingerprint density at radius 3 is 1.34 bits per heavy atom. The first-order chi connectivity index (χ1) is 69.2. The van der Waals surface area contributed by atoms with Gasteiger partial charge in [0.25, 0.3) is 5.78 Å². The smallest absolute Gasteiger partial charge is 0.380 e. The summed E-state index contributed by atoms with van der Waals surface area (Å²) in [6.07, 6.45) is -42.7. The molecule has 8 aromatic carbocycles. The Morgan fingerprint density at radius 1 is 0.413 bits per heavy atom. The molecule has 6 fully saturated rings. The molecule has 6 saturated heterocycles. The van der Waals surface area contributed by atoms with Crippen LogP contribution in [0.15, 0.2) is 237 Å². The number of ketones is 1. The van der Waals surface area contributed by atoms with Crippen LogP contribution < -0.4 is 20.1 Å². The van der Waals surface area contributed by atoms with E-state index in [0.717, 1.165) is 70.9 Å². The zero-order valence-electron chi connectivity index (χ0n) is 80.3. The lowest BCUT2D eigenvalue weighted by atomic mass is 9.86. The number of benzene rings is 8. The summed E-state index contributed by atoms with van der Waals surface area (Å²) >= 11 is 0. The molecule has 38 heteroatoms. The maximum absolute atomic E-state index is 15.7. The second kappa shape index (κ2) is 52.0. The van der Waals surface area contributed by atoms with Gasteiger partial charge in [-0.25, -0.2) is 4.79 Å². The van der Waals surface area contributed by atoms with Crippen LogP contribution in [0.25, 0.3) is 0 Å². The molecule has 766 valence electrons. The predicted octanol–water partition coefficient (Wildman–Crippen LogP) is 8.28. The van der Waals surface area contributed by atoms with Crippen molar-refractivity contribution in [3.8, 4) is 11.5 Å². The third-order valence-corrected chi connectivity index (χ3v) is 24.2. The molecule has 6 heterocycles. The summed E-state index contributed by atoms with van der Waals surface area (Å²) in [5.41, 5.74) is 4.72. The van der Waals surface area contributed by atoms with E-state index >= 15 is 4.79 Å². The van der Waals surface area contributed by atoms with E-state index in [1.165, 1.54) is 6.92 Å². The van der Waals surface area contributed by atoms with Gasteiger partial charge in [-0.15, -0.1) is 0 Å². The fourth-order valence-electron chi connectivity index (χ4n) is 17.7. The molecule has 4 N–H and O–H groups in total. The lowest BCUT2D eigenvalue weighted by molar-refractivity contribution is -0.410. The van der Waals surface area contributed by atoms with Crippen LogP contribution in [0.5, 0.6) is 11.5 Å². The Morgan fingerprint density at radius 2 is 0.853 bits per heavy atom. The number of hydrogen-bond donors (Lipinski definition) is 4. The van der Waals surface area contributed by atoms with Crippen molar-refractivity contribution in [2.75, 3.05) is 47.3 Å². The van der Waals surface area contributed by atoms with Crippen molar-refractivity contribution in [2.45, 2.75) is 260 Å². The summed E-state index contributed by atoms with van der Waals surface area (Å²) in [5.74, 6) is -12.6. The van der Waals surface area contributed by atoms with Gasteiger partial charge < -0.3 is 139 Å². The number of fused-ring (bicyclic) bond motifs is 1. The highest BCUT2D eigenvalue weighted by molar-refractivity contribution is 6.36. The predicted molar refractivity (Wildman–Crippen MR) is 496 cm³/mol. The van der Waals surface area contributed by atoms with E-state index in [2.05, 4.69) is 10.6 Å². The van der Waals surface area contributed by atoms with Crippen LogP contribution in [-0.4, -0.2) is 270 Å². The Bertz CT molecular complexity index is 5380. The van der Waals surface area contributed by atoms with Crippen molar-refractivity contribution in [1.29, 1.82) is 0 Å². The van der Waals surface area contributed by atoms with Gasteiger partial charge in [-0.05, 0) is 57.6 Å². The minimum Gasteiger partial charge on any atom is -0.497 e. The Kier molecular flexibility index (Phi) is 38.8. The standard InChI is InChI=1S/C105H120N2O36/c1-61(108)106-83-77(129-64(4)111)49-105(98(117)99(118)120-9,142-92(83)88(131-66(6)113)81(130-65(5)112)59-124-63(3)110)143-93-86(116)102(135-82-60-128-100(139-89(82)93)74-43-29-16-30-44-74)138-87-78(56-121-50-68-31-17-10-18-32-68)134-101(84(85(87)115)107-62(2)109)141-95-91(132-67(7)114)80(58-123-52-70-35-21-12-22-36-70)137-104(97(95)127-55-73-41-27-15-28-42-73)140-90-79(57-122-51-69-33-19-11-20-34-69)136-103(133-76-47-45-75(119-8)46-48-76)96(126-54-72-39-25-14-26-40-72)94(90)125-53-71-37-23-13-24-38-71/h10-48,77-97,100-104,115-116H,49-60H2,1-9H3,(H,106,108)(H,107,109)/t77-,78+,79+,80+,81+,82+,83+,84+,85+,86+,87+,88+,89-,90+,91-,92+,93+,94-,95-,96+,97+,100?,101-,102-,103+,104-,105-/m0/s1. The van der Waals surface area contributed by atoms with E-state index in [0.29, 0.717) is 28.2 Å². The van der Waals surface area contributed by atoms with Gasteiger partial charge in [0.05, 0.1) is 86.3 Å². The van der Waals surface area contributed by atoms with Gasteiger partial charge in [0.1, 0.15) is 122 Å². The minimum absolute atomic E-state index is 0.0152. The molecule has 2 amide bonds. The van der Waals surface area contributed by atoms with E-state index < -0.39 is 245 Å². The molecule has 0 bridgehead atoms. The average Bonchev–Trinajstić information content (AvgIpc) is 0.727. The average molecular weight is 1990 g/mol. The van der Waals surface area contributed by atoms with E-state index in [-0.39, 0.29) is 52.9 Å².